The minimum atomic E-state index is -0.367. The lowest BCUT2D eigenvalue weighted by atomic mass is 10.1. The van der Waals surface area contributed by atoms with Crippen LogP contribution in [0.1, 0.15) is 20.2 Å². The molecule has 2 aromatic rings. The average molecular weight is 314 g/mol. The standard InChI is InChI=1S/C12H9BrFNOS/c1-7-15-6-12(17-7)11(16)4-8-2-3-9(13)5-10(8)14/h2-3,5-6H,4H2,1H3. The summed E-state index contributed by atoms with van der Waals surface area (Å²) in [5, 5.41) is 0.838. The van der Waals surface area contributed by atoms with Crippen molar-refractivity contribution >= 4 is 33.0 Å². The molecule has 0 radical (unpaired) electrons. The second-order valence-corrected chi connectivity index (χ2v) is 5.73. The fraction of sp³-hybridized carbons (Fsp3) is 0.167. The summed E-state index contributed by atoms with van der Waals surface area (Å²) >= 11 is 4.51. The van der Waals surface area contributed by atoms with Crippen LogP contribution in [0.5, 0.6) is 0 Å². The summed E-state index contributed by atoms with van der Waals surface area (Å²) in [7, 11) is 0. The Kier molecular flexibility index (Phi) is 3.69. The van der Waals surface area contributed by atoms with E-state index in [0.29, 0.717) is 14.9 Å². The quantitative estimate of drug-likeness (QED) is 0.807. The number of carbonyl (C=O) groups excluding carboxylic acids is 1. The predicted molar refractivity (Wildman–Crippen MR) is 69.0 cm³/mol. The number of ketones is 1. The van der Waals surface area contributed by atoms with Gasteiger partial charge in [-0.05, 0) is 24.6 Å². The summed E-state index contributed by atoms with van der Waals surface area (Å²) < 4.78 is 14.2. The monoisotopic (exact) mass is 313 g/mol. The van der Waals surface area contributed by atoms with Crippen molar-refractivity contribution in [3.05, 3.63) is 50.1 Å². The molecule has 0 bridgehead atoms. The fourth-order valence-electron chi connectivity index (χ4n) is 1.42. The molecule has 0 saturated carbocycles. The van der Waals surface area contributed by atoms with E-state index >= 15 is 0 Å². The van der Waals surface area contributed by atoms with Crippen molar-refractivity contribution < 1.29 is 9.18 Å². The number of hydrogen-bond donors (Lipinski definition) is 0. The molecule has 1 aromatic carbocycles. The van der Waals surface area contributed by atoms with Gasteiger partial charge in [-0.2, -0.15) is 0 Å². The van der Waals surface area contributed by atoms with Crippen molar-refractivity contribution in [3.8, 4) is 0 Å². The lowest BCUT2D eigenvalue weighted by Gasteiger charge is -2.01. The van der Waals surface area contributed by atoms with Crippen molar-refractivity contribution in [2.24, 2.45) is 0 Å². The van der Waals surface area contributed by atoms with Gasteiger partial charge in [0, 0.05) is 17.1 Å². The minimum absolute atomic E-state index is 0.0702. The average Bonchev–Trinajstić information content (AvgIpc) is 2.69. The summed E-state index contributed by atoms with van der Waals surface area (Å²) in [5.41, 5.74) is 0.407. The third-order valence-corrected chi connectivity index (χ3v) is 3.71. The van der Waals surface area contributed by atoms with Gasteiger partial charge in [-0.15, -0.1) is 11.3 Å². The Morgan fingerprint density at radius 2 is 2.29 bits per heavy atom. The summed E-state index contributed by atoms with van der Waals surface area (Å²) in [4.78, 5) is 16.4. The molecular formula is C12H9BrFNOS. The Morgan fingerprint density at radius 1 is 1.53 bits per heavy atom. The second kappa shape index (κ2) is 5.06. The number of aromatic nitrogens is 1. The molecule has 0 spiro atoms. The first-order valence-electron chi connectivity index (χ1n) is 4.96. The molecule has 0 saturated heterocycles. The van der Waals surface area contributed by atoms with E-state index in [4.69, 9.17) is 0 Å². The summed E-state index contributed by atoms with van der Waals surface area (Å²) in [6.07, 6.45) is 1.61. The number of benzene rings is 1. The zero-order valence-electron chi connectivity index (χ0n) is 9.04. The first-order valence-corrected chi connectivity index (χ1v) is 6.57. The van der Waals surface area contributed by atoms with Crippen molar-refractivity contribution in [3.63, 3.8) is 0 Å². The topological polar surface area (TPSA) is 30.0 Å². The van der Waals surface area contributed by atoms with Gasteiger partial charge < -0.3 is 0 Å². The molecule has 17 heavy (non-hydrogen) atoms. The molecule has 0 N–H and O–H groups in total. The maximum Gasteiger partial charge on any atom is 0.178 e. The second-order valence-electron chi connectivity index (χ2n) is 3.58. The predicted octanol–water partition coefficient (Wildman–Crippen LogP) is 3.78. The number of nitrogens with zero attached hydrogens (tertiary/aromatic N) is 1. The zero-order chi connectivity index (χ0) is 12.4. The Morgan fingerprint density at radius 3 is 2.88 bits per heavy atom. The lowest BCUT2D eigenvalue weighted by molar-refractivity contribution is 0.0995. The third-order valence-electron chi connectivity index (χ3n) is 2.26. The smallest absolute Gasteiger partial charge is 0.178 e. The molecule has 2 nitrogen and oxygen atoms in total. The van der Waals surface area contributed by atoms with E-state index in [9.17, 15) is 9.18 Å². The van der Waals surface area contributed by atoms with Gasteiger partial charge in [0.2, 0.25) is 0 Å². The Labute approximate surface area is 111 Å². The van der Waals surface area contributed by atoms with E-state index in [1.165, 1.54) is 17.4 Å². The van der Waals surface area contributed by atoms with Gasteiger partial charge in [0.25, 0.3) is 0 Å². The van der Waals surface area contributed by atoms with Gasteiger partial charge in [0.15, 0.2) is 5.78 Å². The maximum absolute atomic E-state index is 13.5. The molecule has 88 valence electrons. The largest absolute Gasteiger partial charge is 0.293 e. The normalized spacial score (nSPS) is 10.5. The molecular weight excluding hydrogens is 305 g/mol. The number of carbonyl (C=O) groups is 1. The SMILES string of the molecule is Cc1ncc(C(=O)Cc2ccc(Br)cc2F)s1. The Bertz CT molecular complexity index is 567. The maximum atomic E-state index is 13.5. The van der Waals surface area contributed by atoms with Crippen LogP contribution in [0.3, 0.4) is 0 Å². The van der Waals surface area contributed by atoms with Gasteiger partial charge in [-0.3, -0.25) is 4.79 Å². The van der Waals surface area contributed by atoms with Crippen LogP contribution >= 0.6 is 27.3 Å². The highest BCUT2D eigenvalue weighted by Gasteiger charge is 2.12. The van der Waals surface area contributed by atoms with Gasteiger partial charge in [-0.25, -0.2) is 9.37 Å². The van der Waals surface area contributed by atoms with E-state index in [1.807, 2.05) is 6.92 Å². The molecule has 5 heteroatoms. The van der Waals surface area contributed by atoms with Crippen molar-refractivity contribution in [2.45, 2.75) is 13.3 Å². The molecule has 0 amide bonds. The van der Waals surface area contributed by atoms with Gasteiger partial charge in [0.1, 0.15) is 5.82 Å². The van der Waals surface area contributed by atoms with E-state index in [0.717, 1.165) is 5.01 Å². The van der Waals surface area contributed by atoms with Crippen LogP contribution < -0.4 is 0 Å². The van der Waals surface area contributed by atoms with E-state index in [1.54, 1.807) is 18.3 Å². The van der Waals surface area contributed by atoms with Crippen molar-refractivity contribution in [1.29, 1.82) is 0 Å². The van der Waals surface area contributed by atoms with Crippen LogP contribution in [0.25, 0.3) is 0 Å². The summed E-state index contributed by atoms with van der Waals surface area (Å²) in [5.74, 6) is -0.467. The molecule has 0 aliphatic carbocycles. The van der Waals surface area contributed by atoms with Gasteiger partial charge in [-0.1, -0.05) is 22.0 Å². The van der Waals surface area contributed by atoms with Gasteiger partial charge in [0.05, 0.1) is 9.88 Å². The van der Waals surface area contributed by atoms with Crippen LogP contribution in [0.15, 0.2) is 28.9 Å². The van der Waals surface area contributed by atoms with E-state index in [-0.39, 0.29) is 18.0 Å². The number of aryl methyl sites for hydroxylation is 1. The van der Waals surface area contributed by atoms with Crippen LogP contribution in [-0.4, -0.2) is 10.8 Å². The Hall–Kier alpha value is -1.07. The third kappa shape index (κ3) is 2.98. The zero-order valence-corrected chi connectivity index (χ0v) is 11.4. The molecule has 0 atom stereocenters. The number of rotatable bonds is 3. The molecule has 1 heterocycles. The minimum Gasteiger partial charge on any atom is -0.293 e. The summed E-state index contributed by atoms with van der Waals surface area (Å²) in [6.45, 7) is 1.83. The Balaban J connectivity index is 2.18. The van der Waals surface area contributed by atoms with E-state index in [2.05, 4.69) is 20.9 Å². The van der Waals surface area contributed by atoms with Crippen molar-refractivity contribution in [2.75, 3.05) is 0 Å². The molecule has 0 aliphatic heterocycles. The lowest BCUT2D eigenvalue weighted by Crippen LogP contribution is -2.03. The van der Waals surface area contributed by atoms with Crippen LogP contribution in [0, 0.1) is 12.7 Å². The van der Waals surface area contributed by atoms with Crippen LogP contribution in [0.4, 0.5) is 4.39 Å². The highest BCUT2D eigenvalue weighted by molar-refractivity contribution is 9.10. The first-order chi connectivity index (χ1) is 8.06. The molecule has 2 rings (SSSR count). The molecule has 0 aliphatic rings. The fourth-order valence-corrected chi connectivity index (χ4v) is 2.46. The number of halogens is 2. The van der Waals surface area contributed by atoms with E-state index < -0.39 is 0 Å². The van der Waals surface area contributed by atoms with Crippen LogP contribution in [-0.2, 0) is 6.42 Å². The summed E-state index contributed by atoms with van der Waals surface area (Å²) in [6, 6.07) is 4.70. The molecule has 0 fully saturated rings. The molecule has 1 aromatic heterocycles. The highest BCUT2D eigenvalue weighted by atomic mass is 79.9. The molecule has 0 unspecified atom stereocenters. The number of Topliss-reactive ketones (excluding diaryl/α,β-unsaturated/α-hetero) is 1. The highest BCUT2D eigenvalue weighted by Crippen LogP contribution is 2.19. The first kappa shape index (κ1) is 12.4. The number of hydrogen-bond acceptors (Lipinski definition) is 3. The van der Waals surface area contributed by atoms with Crippen molar-refractivity contribution in [1.82, 2.24) is 4.98 Å². The number of thiazole rings is 1. The van der Waals surface area contributed by atoms with Crippen LogP contribution in [0.2, 0.25) is 0 Å². The van der Waals surface area contributed by atoms with Gasteiger partial charge >= 0.3 is 0 Å².